The van der Waals surface area contributed by atoms with Crippen molar-refractivity contribution in [2.24, 2.45) is 0 Å². The Kier molecular flexibility index (Phi) is 2.46. The molecule has 0 bridgehead atoms. The molecule has 0 amide bonds. The average molecular weight is 677 g/mol. The first-order valence-corrected chi connectivity index (χ1v) is 14.4. The van der Waals surface area contributed by atoms with Crippen LogP contribution in [0, 0.1) is 0 Å². The first-order chi connectivity index (χ1) is 40.0. The van der Waals surface area contributed by atoms with E-state index in [4.69, 9.17) is 26.0 Å². The molecule has 0 aliphatic heterocycles. The second kappa shape index (κ2) is 12.1. The van der Waals surface area contributed by atoms with Gasteiger partial charge >= 0.3 is 0 Å². The van der Waals surface area contributed by atoms with Crippen LogP contribution in [0.1, 0.15) is 75.5 Å². The zero-order chi connectivity index (χ0) is 65.6. The van der Waals surface area contributed by atoms with Gasteiger partial charge in [0.1, 0.15) is 0 Å². The van der Waals surface area contributed by atoms with Crippen LogP contribution in [0.25, 0.3) is 55.3 Å². The Hall–Kier alpha value is -6.18. The molecule has 1 aliphatic rings. The molecule has 0 radical (unpaired) electrons. The number of hydrogen-bond donors (Lipinski definition) is 0. The van der Waals surface area contributed by atoms with E-state index >= 15 is 0 Å². The van der Waals surface area contributed by atoms with E-state index in [2.05, 4.69) is 0 Å². The van der Waals surface area contributed by atoms with E-state index in [1.54, 1.807) is 0 Å². The van der Waals surface area contributed by atoms with Crippen molar-refractivity contribution in [3.05, 3.63) is 198 Å². The molecule has 0 heterocycles. The minimum absolute atomic E-state index is 0.110. The fraction of sp³-hybridized carbons (Fsp3) is 0.0612. The topological polar surface area (TPSA) is 3.24 Å². The molecular formula is C49H37N. The Morgan fingerprint density at radius 3 is 1.70 bits per heavy atom. The maximum Gasteiger partial charge on any atom is 0.0652 e. The minimum atomic E-state index is -4.22. The molecule has 0 saturated heterocycles. The van der Waals surface area contributed by atoms with E-state index in [9.17, 15) is 24.7 Å². The van der Waals surface area contributed by atoms with Crippen LogP contribution in [0.4, 0.5) is 17.1 Å². The van der Waals surface area contributed by atoms with Crippen molar-refractivity contribution in [2.75, 3.05) is 4.90 Å². The van der Waals surface area contributed by atoms with Gasteiger partial charge in [-0.1, -0.05) is 165 Å². The van der Waals surface area contributed by atoms with Crippen LogP contribution < -0.4 is 4.90 Å². The van der Waals surface area contributed by atoms with Gasteiger partial charge in [-0.2, -0.15) is 0 Å². The second-order valence-electron chi connectivity index (χ2n) is 10.5. The lowest BCUT2D eigenvalue weighted by Gasteiger charge is -2.37. The zero-order valence-corrected chi connectivity index (χ0v) is 24.9. The molecule has 1 heteroatoms. The highest BCUT2D eigenvalue weighted by Gasteiger charge is 2.35. The quantitative estimate of drug-likeness (QED) is 0.169. The summed E-state index contributed by atoms with van der Waals surface area (Å²) < 4.78 is 337. The van der Waals surface area contributed by atoms with E-state index in [1.807, 2.05) is 0 Å². The largest absolute Gasteiger partial charge is 0.310 e. The Morgan fingerprint density at radius 1 is 0.420 bits per heavy atom. The first kappa shape index (κ1) is 10.2. The predicted molar refractivity (Wildman–Crippen MR) is 213 cm³/mol. The molecule has 8 aromatic rings. The van der Waals surface area contributed by atoms with Crippen molar-refractivity contribution in [2.45, 2.75) is 19.1 Å². The molecule has 1 nitrogen and oxygen atoms in total. The summed E-state index contributed by atoms with van der Waals surface area (Å²) in [6.45, 7) is -8.43. The Bertz CT molecular complexity index is 4370. The molecular weight excluding hydrogens is 603 g/mol. The number of hydrogen-bond acceptors (Lipinski definition) is 1. The predicted octanol–water partition coefficient (Wildman–Crippen LogP) is 13.6. The van der Waals surface area contributed by atoms with E-state index in [0.29, 0.717) is 0 Å². The molecule has 238 valence electrons. The summed E-state index contributed by atoms with van der Waals surface area (Å²) >= 11 is 0. The summed E-state index contributed by atoms with van der Waals surface area (Å²) in [7, 11) is 0. The fourth-order valence-corrected chi connectivity index (χ4v) is 5.46. The van der Waals surface area contributed by atoms with Crippen LogP contribution in [0.15, 0.2) is 187 Å². The highest BCUT2D eigenvalue weighted by molar-refractivity contribution is 6.09. The van der Waals surface area contributed by atoms with Crippen LogP contribution >= 0.6 is 0 Å². The van der Waals surface area contributed by atoms with Gasteiger partial charge in [-0.25, -0.2) is 0 Å². The van der Waals surface area contributed by atoms with Gasteiger partial charge in [0.25, 0.3) is 0 Å². The van der Waals surface area contributed by atoms with Gasteiger partial charge in [0.15, 0.2) is 0 Å². The maximum absolute atomic E-state index is 10.5. The molecule has 0 aromatic heterocycles. The molecule has 0 saturated carbocycles. The molecule has 0 atom stereocenters. The molecule has 1 aliphatic carbocycles. The average Bonchev–Trinajstić information content (AvgIpc) is 0.683. The third-order valence-electron chi connectivity index (χ3n) is 7.63. The summed E-state index contributed by atoms with van der Waals surface area (Å²) in [6, 6.07) is -38.8. The molecule has 0 fully saturated rings. The van der Waals surface area contributed by atoms with Crippen LogP contribution in [0.2, 0.25) is 0 Å². The fourth-order valence-electron chi connectivity index (χ4n) is 5.46. The van der Waals surface area contributed by atoms with Gasteiger partial charge < -0.3 is 4.90 Å². The second-order valence-corrected chi connectivity index (χ2v) is 10.5. The SMILES string of the molecule is [2H]c1c([2H])c([2H])c(-c2c([2H])c([2H])c(N(c3c([2H])c([2H])c([2H])c(-c4c([2H])c([2H])c([2H])c([2H])c4[2H])c3[2H])c3c([2H])c([2H])c4c(c3[2H])-c3c(-c5c([2H])c([2H])c([2H])c([2H])c5[2H])c([2H])c([2H])c5c([2H])c([2H])c([2H])c(c35)C4(C([2H])([2H])[2H])C([2H])([2H])[2H])c([2H])c2[2H])c([2H])c1[2H]. The number of rotatable bonds is 6. The molecule has 9 rings (SSSR count). The lowest BCUT2D eigenvalue weighted by molar-refractivity contribution is 0.645. The number of benzene rings is 8. The van der Waals surface area contributed by atoms with Crippen molar-refractivity contribution in [3.8, 4) is 44.5 Å². The van der Waals surface area contributed by atoms with E-state index in [1.165, 1.54) is 0 Å². The third-order valence-corrected chi connectivity index (χ3v) is 7.63. The summed E-state index contributed by atoms with van der Waals surface area (Å²) in [6.07, 6.45) is 0. The van der Waals surface area contributed by atoms with Crippen molar-refractivity contribution in [1.82, 2.24) is 0 Å². The first-order valence-electron chi connectivity index (χ1n) is 32.9. The summed E-state index contributed by atoms with van der Waals surface area (Å²) in [4.78, 5) is 0.110. The van der Waals surface area contributed by atoms with Crippen LogP contribution in [-0.2, 0) is 5.41 Å². The van der Waals surface area contributed by atoms with E-state index in [0.717, 1.165) is 0 Å². The zero-order valence-electron chi connectivity index (χ0n) is 61.9. The highest BCUT2D eigenvalue weighted by atomic mass is 15.1. The molecule has 50 heavy (non-hydrogen) atoms. The minimum Gasteiger partial charge on any atom is -0.310 e. The monoisotopic (exact) mass is 677 g/mol. The lowest BCUT2D eigenvalue weighted by Crippen LogP contribution is -2.24. The van der Waals surface area contributed by atoms with Crippen LogP contribution in [0.5, 0.6) is 0 Å². The van der Waals surface area contributed by atoms with Gasteiger partial charge in [0.05, 0.1) is 42.5 Å². The summed E-state index contributed by atoms with van der Waals surface area (Å²) in [5, 5.41) is -2.11. The Morgan fingerprint density at radius 2 is 1.00 bits per heavy atom. The molecule has 0 spiro atoms. The van der Waals surface area contributed by atoms with Gasteiger partial charge in [0, 0.05) is 30.7 Å². The number of nitrogens with zero attached hydrogens (tertiary/aromatic N) is 1. The van der Waals surface area contributed by atoms with Crippen LogP contribution in [0.3, 0.4) is 0 Å². The normalized spacial score (nSPS) is 23.7. The Balaban J connectivity index is 1.66. The third kappa shape index (κ3) is 5.02. The van der Waals surface area contributed by atoms with Crippen molar-refractivity contribution < 1.29 is 50.7 Å². The molecule has 0 unspecified atom stereocenters. The van der Waals surface area contributed by atoms with Crippen molar-refractivity contribution >= 4 is 27.8 Å². The van der Waals surface area contributed by atoms with E-state index < -0.39 is 290 Å². The molecule has 0 N–H and O–H groups in total. The van der Waals surface area contributed by atoms with E-state index in [-0.39, 0.29) is 4.90 Å². The van der Waals surface area contributed by atoms with Crippen molar-refractivity contribution in [1.29, 1.82) is 0 Å². The standard InChI is InChI=1S/C49H37N/c1-49(2)45-31-29-42(33-44(45)48-43(37-18-10-5-11-19-37)30-26-38-20-13-23-46(49)47(38)48)50(40-27-24-36(25-28-40)34-14-6-3-7-15-34)41-22-12-21-39(32-41)35-16-8-4-9-17-35/h3-33H,1-2H3/i1D3,2D3,3D,4D,5D,6D,7D,8D,9D,10D,11D,12D,13D,14D,15D,16D,17D,18D,19D,20D,21D,22D,23D,24D,25D,26D,27D,28D,29D,30D,31D,32D,33D. The lowest BCUT2D eigenvalue weighted by atomic mass is 9.67. The maximum atomic E-state index is 10.5. The number of fused-ring (bicyclic) bond motifs is 2. The van der Waals surface area contributed by atoms with Crippen molar-refractivity contribution in [3.63, 3.8) is 0 Å². The van der Waals surface area contributed by atoms with Gasteiger partial charge in [-0.15, -0.1) is 0 Å². The van der Waals surface area contributed by atoms with Gasteiger partial charge in [0.2, 0.25) is 0 Å². The highest BCUT2D eigenvalue weighted by Crippen LogP contribution is 2.53. The number of anilines is 3. The smallest absolute Gasteiger partial charge is 0.0652 e. The van der Waals surface area contributed by atoms with Crippen LogP contribution in [-0.4, -0.2) is 0 Å². The van der Waals surface area contributed by atoms with Gasteiger partial charge in [-0.05, 0) is 103 Å². The summed E-state index contributed by atoms with van der Waals surface area (Å²) in [5.41, 5.74) is -19.9. The molecule has 8 aromatic carbocycles. The summed E-state index contributed by atoms with van der Waals surface area (Å²) in [5.74, 6) is 0. The Labute approximate surface area is 346 Å². The van der Waals surface area contributed by atoms with Gasteiger partial charge in [-0.3, -0.25) is 0 Å².